The molecule has 2 rings (SSSR count). The van der Waals surface area contributed by atoms with Crippen LogP contribution in [0, 0.1) is 0 Å². The van der Waals surface area contributed by atoms with Gasteiger partial charge in [0.1, 0.15) is 5.65 Å². The molecule has 0 aromatic carbocycles. The van der Waals surface area contributed by atoms with E-state index < -0.39 is 11.9 Å². The Labute approximate surface area is 80.6 Å². The van der Waals surface area contributed by atoms with Crippen molar-refractivity contribution in [3.63, 3.8) is 0 Å². The Morgan fingerprint density at radius 2 is 2.43 bits per heavy atom. The van der Waals surface area contributed by atoms with Crippen LogP contribution < -0.4 is 0 Å². The van der Waals surface area contributed by atoms with Gasteiger partial charge in [-0.05, 0) is 24.6 Å². The quantitative estimate of drug-likeness (QED) is 0.758. The first-order valence-corrected chi connectivity index (χ1v) is 4.35. The molecule has 2 aromatic heterocycles. The van der Waals surface area contributed by atoms with Gasteiger partial charge in [0.05, 0.1) is 5.92 Å². The molecule has 4 heteroatoms. The van der Waals surface area contributed by atoms with Crippen LogP contribution in [0.15, 0.2) is 24.5 Å². The molecule has 0 radical (unpaired) electrons. The summed E-state index contributed by atoms with van der Waals surface area (Å²) in [6, 6.07) is 3.67. The van der Waals surface area contributed by atoms with Gasteiger partial charge in [0.15, 0.2) is 0 Å². The molecular formula is C10H10N2O2. The number of carbonyl (C=O) groups is 1. The summed E-state index contributed by atoms with van der Waals surface area (Å²) >= 11 is 0. The lowest BCUT2D eigenvalue weighted by atomic mass is 10.0. The summed E-state index contributed by atoms with van der Waals surface area (Å²) in [5.74, 6) is -1.33. The van der Waals surface area contributed by atoms with Crippen molar-refractivity contribution < 1.29 is 9.90 Å². The molecule has 0 spiro atoms. The fourth-order valence-electron chi connectivity index (χ4n) is 1.47. The number of aliphatic carboxylic acids is 1. The van der Waals surface area contributed by atoms with Gasteiger partial charge < -0.3 is 10.1 Å². The van der Waals surface area contributed by atoms with Crippen LogP contribution in [0.5, 0.6) is 0 Å². The Bertz CT molecular complexity index is 476. The molecule has 0 saturated carbocycles. The molecule has 2 N–H and O–H groups in total. The third-order valence-electron chi connectivity index (χ3n) is 2.32. The Hall–Kier alpha value is -1.84. The highest BCUT2D eigenvalue weighted by Gasteiger charge is 2.17. The molecule has 0 aliphatic carbocycles. The number of carboxylic acid groups (broad SMARTS) is 1. The van der Waals surface area contributed by atoms with Crippen molar-refractivity contribution in [3.05, 3.63) is 30.1 Å². The van der Waals surface area contributed by atoms with Crippen LogP contribution in [-0.4, -0.2) is 21.0 Å². The highest BCUT2D eigenvalue weighted by molar-refractivity contribution is 5.87. The van der Waals surface area contributed by atoms with Gasteiger partial charge in [0, 0.05) is 17.8 Å². The fourth-order valence-corrected chi connectivity index (χ4v) is 1.47. The van der Waals surface area contributed by atoms with Crippen LogP contribution in [0.4, 0.5) is 0 Å². The predicted octanol–water partition coefficient (Wildman–Crippen LogP) is 1.75. The summed E-state index contributed by atoms with van der Waals surface area (Å²) in [6.07, 6.45) is 3.38. The van der Waals surface area contributed by atoms with Crippen LogP contribution in [-0.2, 0) is 4.79 Å². The lowest BCUT2D eigenvalue weighted by molar-refractivity contribution is -0.138. The molecule has 14 heavy (non-hydrogen) atoms. The number of fused-ring (bicyclic) bond motifs is 1. The van der Waals surface area contributed by atoms with E-state index in [2.05, 4.69) is 9.97 Å². The minimum atomic E-state index is -0.824. The van der Waals surface area contributed by atoms with E-state index in [1.807, 2.05) is 6.07 Å². The third-order valence-corrected chi connectivity index (χ3v) is 2.32. The van der Waals surface area contributed by atoms with Crippen LogP contribution in [0.2, 0.25) is 0 Å². The summed E-state index contributed by atoms with van der Waals surface area (Å²) in [5, 5.41) is 9.76. The second-order valence-corrected chi connectivity index (χ2v) is 3.20. The van der Waals surface area contributed by atoms with Crippen LogP contribution in [0.1, 0.15) is 18.4 Å². The Morgan fingerprint density at radius 1 is 1.64 bits per heavy atom. The first kappa shape index (κ1) is 8.74. The highest BCUT2D eigenvalue weighted by atomic mass is 16.4. The molecule has 2 aromatic rings. The second-order valence-electron chi connectivity index (χ2n) is 3.20. The first-order chi connectivity index (χ1) is 6.70. The lowest BCUT2D eigenvalue weighted by Crippen LogP contribution is -2.06. The molecule has 2 heterocycles. The van der Waals surface area contributed by atoms with E-state index in [9.17, 15) is 4.79 Å². The van der Waals surface area contributed by atoms with E-state index in [0.717, 1.165) is 16.6 Å². The van der Waals surface area contributed by atoms with Gasteiger partial charge in [-0.3, -0.25) is 4.79 Å². The minimum Gasteiger partial charge on any atom is -0.481 e. The molecule has 72 valence electrons. The number of H-pyrrole nitrogens is 1. The standard InChI is InChI=1S/C10H10N2O2/c1-6(10(13)14)8-5-12-9-7(8)3-2-4-11-9/h2-6H,1H3,(H,11,12)(H,13,14)/t6-/m1/s1. The molecule has 0 bridgehead atoms. The number of rotatable bonds is 2. The molecule has 0 saturated heterocycles. The number of hydrogen-bond donors (Lipinski definition) is 2. The first-order valence-electron chi connectivity index (χ1n) is 4.35. The van der Waals surface area contributed by atoms with Gasteiger partial charge in [0.25, 0.3) is 0 Å². The highest BCUT2D eigenvalue weighted by Crippen LogP contribution is 2.23. The maximum absolute atomic E-state index is 10.8. The molecule has 0 aliphatic heterocycles. The number of hydrogen-bond acceptors (Lipinski definition) is 2. The van der Waals surface area contributed by atoms with Crippen molar-refractivity contribution in [2.45, 2.75) is 12.8 Å². The monoisotopic (exact) mass is 190 g/mol. The molecule has 0 unspecified atom stereocenters. The molecule has 0 aliphatic rings. The SMILES string of the molecule is C[C@@H](C(=O)O)c1c[nH]c2ncccc12. The maximum Gasteiger partial charge on any atom is 0.310 e. The van der Waals surface area contributed by atoms with Crippen molar-refractivity contribution in [3.8, 4) is 0 Å². The smallest absolute Gasteiger partial charge is 0.310 e. The van der Waals surface area contributed by atoms with Gasteiger partial charge in [-0.25, -0.2) is 4.98 Å². The van der Waals surface area contributed by atoms with E-state index in [-0.39, 0.29) is 0 Å². The van der Waals surface area contributed by atoms with Crippen LogP contribution >= 0.6 is 0 Å². The normalized spacial score (nSPS) is 12.9. The Balaban J connectivity index is 2.58. The summed E-state index contributed by atoms with van der Waals surface area (Å²) < 4.78 is 0. The average Bonchev–Trinajstić information content (AvgIpc) is 2.60. The number of nitrogens with zero attached hydrogens (tertiary/aromatic N) is 1. The zero-order valence-corrected chi connectivity index (χ0v) is 7.69. The Kier molecular flexibility index (Phi) is 1.96. The summed E-state index contributed by atoms with van der Waals surface area (Å²) in [6.45, 7) is 1.66. The number of nitrogens with one attached hydrogen (secondary N) is 1. The summed E-state index contributed by atoms with van der Waals surface area (Å²) in [7, 11) is 0. The van der Waals surface area contributed by atoms with Gasteiger partial charge in [-0.2, -0.15) is 0 Å². The molecule has 4 nitrogen and oxygen atoms in total. The maximum atomic E-state index is 10.8. The molecule has 0 amide bonds. The van der Waals surface area contributed by atoms with Crippen LogP contribution in [0.25, 0.3) is 11.0 Å². The van der Waals surface area contributed by atoms with Crippen molar-refractivity contribution in [1.29, 1.82) is 0 Å². The zero-order chi connectivity index (χ0) is 10.1. The van der Waals surface area contributed by atoms with Crippen molar-refractivity contribution in [2.75, 3.05) is 0 Å². The average molecular weight is 190 g/mol. The molecular weight excluding hydrogens is 180 g/mol. The van der Waals surface area contributed by atoms with E-state index in [0.29, 0.717) is 0 Å². The van der Waals surface area contributed by atoms with Crippen LogP contribution in [0.3, 0.4) is 0 Å². The number of carboxylic acids is 1. The summed E-state index contributed by atoms with van der Waals surface area (Å²) in [5.41, 5.74) is 1.51. The summed E-state index contributed by atoms with van der Waals surface area (Å²) in [4.78, 5) is 17.9. The topological polar surface area (TPSA) is 66.0 Å². The van der Waals surface area contributed by atoms with Crippen molar-refractivity contribution >= 4 is 17.0 Å². The third kappa shape index (κ3) is 1.25. The van der Waals surface area contributed by atoms with E-state index >= 15 is 0 Å². The van der Waals surface area contributed by atoms with E-state index in [4.69, 9.17) is 5.11 Å². The van der Waals surface area contributed by atoms with Gasteiger partial charge in [-0.1, -0.05) is 0 Å². The fraction of sp³-hybridized carbons (Fsp3) is 0.200. The zero-order valence-electron chi connectivity index (χ0n) is 7.69. The number of aromatic nitrogens is 2. The number of pyridine rings is 1. The second kappa shape index (κ2) is 3.14. The lowest BCUT2D eigenvalue weighted by Gasteiger charge is -2.02. The predicted molar refractivity (Wildman–Crippen MR) is 52.1 cm³/mol. The van der Waals surface area contributed by atoms with E-state index in [1.165, 1.54) is 0 Å². The molecule has 0 fully saturated rings. The number of aromatic amines is 1. The Morgan fingerprint density at radius 3 is 3.14 bits per heavy atom. The van der Waals surface area contributed by atoms with Crippen molar-refractivity contribution in [2.24, 2.45) is 0 Å². The van der Waals surface area contributed by atoms with Crippen molar-refractivity contribution in [1.82, 2.24) is 9.97 Å². The minimum absolute atomic E-state index is 0.507. The van der Waals surface area contributed by atoms with E-state index in [1.54, 1.807) is 25.4 Å². The molecule has 1 atom stereocenters. The van der Waals surface area contributed by atoms with Gasteiger partial charge in [-0.15, -0.1) is 0 Å². The largest absolute Gasteiger partial charge is 0.481 e. The van der Waals surface area contributed by atoms with Gasteiger partial charge in [0.2, 0.25) is 0 Å². The van der Waals surface area contributed by atoms with Gasteiger partial charge >= 0.3 is 5.97 Å².